The Balaban J connectivity index is 1.65. The predicted molar refractivity (Wildman–Crippen MR) is 178 cm³/mol. The summed E-state index contributed by atoms with van der Waals surface area (Å²) < 4.78 is 37.5. The number of nitrogens with zero attached hydrogens (tertiary/aromatic N) is 5. The Morgan fingerprint density at radius 2 is 1.87 bits per heavy atom. The van der Waals surface area contributed by atoms with Crippen molar-refractivity contribution < 1.29 is 18.6 Å². The average molecular weight is 639 g/mol. The van der Waals surface area contributed by atoms with Gasteiger partial charge in [-0.25, -0.2) is 18.4 Å². The van der Waals surface area contributed by atoms with E-state index in [1.807, 2.05) is 24.6 Å². The van der Waals surface area contributed by atoms with Crippen molar-refractivity contribution in [1.29, 1.82) is 0 Å². The van der Waals surface area contributed by atoms with Crippen molar-refractivity contribution in [2.75, 3.05) is 32.7 Å². The topological polar surface area (TPSA) is 78.7 Å². The summed E-state index contributed by atoms with van der Waals surface area (Å²) in [5, 5.41) is 20.8. The number of rotatable bonds is 11. The van der Waals surface area contributed by atoms with Crippen LogP contribution >= 0.6 is 0 Å². The molecule has 0 amide bonds. The van der Waals surface area contributed by atoms with Crippen LogP contribution in [0.25, 0.3) is 11.4 Å². The molecule has 5 rings (SSSR count). The molecule has 2 aliphatic heterocycles. The SMILES string of the molecule is C=CCC1CNCC1CN(C(O)N1CC(C)OC(C)C1)C(c1nc(-c2cc(F)ccc2F)nn1CC1=CC=CCC1C)C(C)(C)C. The molecular weight excluding hydrogens is 586 g/mol. The minimum atomic E-state index is -0.932. The number of ether oxygens (including phenoxy) is 1. The highest BCUT2D eigenvalue weighted by Gasteiger charge is 2.44. The summed E-state index contributed by atoms with van der Waals surface area (Å²) in [6.45, 7) is 20.6. The van der Waals surface area contributed by atoms with E-state index >= 15 is 4.39 Å². The third-order valence-corrected chi connectivity index (χ3v) is 9.63. The molecule has 0 saturated carbocycles. The van der Waals surface area contributed by atoms with Gasteiger partial charge in [-0.15, -0.1) is 6.58 Å². The summed E-state index contributed by atoms with van der Waals surface area (Å²) in [6.07, 6.45) is 9.10. The Bertz CT molecular complexity index is 1410. The van der Waals surface area contributed by atoms with Gasteiger partial charge in [0.1, 0.15) is 17.5 Å². The molecule has 8 nitrogen and oxygen atoms in total. The fourth-order valence-corrected chi connectivity index (χ4v) is 7.37. The first kappa shape index (κ1) is 34.6. The van der Waals surface area contributed by atoms with E-state index in [4.69, 9.17) is 14.8 Å². The molecule has 2 fully saturated rings. The number of allylic oxidation sites excluding steroid dienone is 5. The van der Waals surface area contributed by atoms with Crippen LogP contribution in [0.4, 0.5) is 8.78 Å². The molecule has 2 N–H and O–H groups in total. The molecule has 2 saturated heterocycles. The molecule has 1 aliphatic carbocycles. The van der Waals surface area contributed by atoms with Gasteiger partial charge in [0, 0.05) is 19.6 Å². The van der Waals surface area contributed by atoms with Gasteiger partial charge in [0.05, 0.1) is 30.4 Å². The van der Waals surface area contributed by atoms with Crippen molar-refractivity contribution in [2.45, 2.75) is 85.5 Å². The highest BCUT2D eigenvalue weighted by molar-refractivity contribution is 5.55. The van der Waals surface area contributed by atoms with Crippen LogP contribution < -0.4 is 5.32 Å². The lowest BCUT2D eigenvalue weighted by Crippen LogP contribution is -2.59. The summed E-state index contributed by atoms with van der Waals surface area (Å²) in [5.74, 6) is 0.561. The van der Waals surface area contributed by atoms with Crippen LogP contribution in [-0.4, -0.2) is 81.0 Å². The Labute approximate surface area is 273 Å². The smallest absolute Gasteiger partial charge is 0.184 e. The van der Waals surface area contributed by atoms with E-state index < -0.39 is 29.4 Å². The molecule has 0 bridgehead atoms. The second-order valence-electron chi connectivity index (χ2n) is 14.6. The number of aliphatic hydroxyl groups is 1. The van der Waals surface area contributed by atoms with Crippen LogP contribution in [0.15, 0.2) is 54.7 Å². The molecule has 0 radical (unpaired) electrons. The number of benzene rings is 1. The third-order valence-electron chi connectivity index (χ3n) is 9.63. The number of hydrogen-bond donors (Lipinski definition) is 2. The summed E-state index contributed by atoms with van der Waals surface area (Å²) in [5.41, 5.74) is 0.771. The molecule has 46 heavy (non-hydrogen) atoms. The van der Waals surface area contributed by atoms with Crippen LogP contribution in [0.5, 0.6) is 0 Å². The Hall–Kier alpha value is -2.76. The van der Waals surface area contributed by atoms with Crippen molar-refractivity contribution in [1.82, 2.24) is 29.9 Å². The van der Waals surface area contributed by atoms with Crippen LogP contribution in [0.3, 0.4) is 0 Å². The second-order valence-corrected chi connectivity index (χ2v) is 14.6. The van der Waals surface area contributed by atoms with Gasteiger partial charge in [-0.2, -0.15) is 5.10 Å². The van der Waals surface area contributed by atoms with E-state index in [0.29, 0.717) is 43.8 Å². The predicted octanol–water partition coefficient (Wildman–Crippen LogP) is 5.93. The van der Waals surface area contributed by atoms with Crippen LogP contribution in [0, 0.1) is 34.8 Å². The molecule has 10 heteroatoms. The molecule has 0 spiro atoms. The van der Waals surface area contributed by atoms with Gasteiger partial charge in [-0.3, -0.25) is 9.80 Å². The van der Waals surface area contributed by atoms with E-state index in [0.717, 1.165) is 44.1 Å². The first-order valence-electron chi connectivity index (χ1n) is 16.8. The largest absolute Gasteiger partial charge is 0.373 e. The Kier molecular flexibility index (Phi) is 10.9. The first-order chi connectivity index (χ1) is 21.8. The zero-order valence-corrected chi connectivity index (χ0v) is 28.3. The van der Waals surface area contributed by atoms with Crippen molar-refractivity contribution in [3.05, 3.63) is 72.1 Å². The van der Waals surface area contributed by atoms with Gasteiger partial charge in [0.25, 0.3) is 0 Å². The normalized spacial score (nSPS) is 27.2. The third kappa shape index (κ3) is 7.85. The Morgan fingerprint density at radius 3 is 2.54 bits per heavy atom. The van der Waals surface area contributed by atoms with Crippen LogP contribution in [-0.2, 0) is 11.3 Å². The fraction of sp³-hybridized carbons (Fsp3) is 0.611. The van der Waals surface area contributed by atoms with Gasteiger partial charge in [0.2, 0.25) is 0 Å². The molecule has 3 aliphatic rings. The van der Waals surface area contributed by atoms with Gasteiger partial charge in [-0.05, 0) is 86.7 Å². The Morgan fingerprint density at radius 1 is 1.15 bits per heavy atom. The maximum absolute atomic E-state index is 15.2. The summed E-state index contributed by atoms with van der Waals surface area (Å²) in [4.78, 5) is 9.28. The van der Waals surface area contributed by atoms with E-state index in [1.165, 1.54) is 5.57 Å². The quantitative estimate of drug-likeness (QED) is 0.233. The van der Waals surface area contributed by atoms with Crippen molar-refractivity contribution >= 4 is 0 Å². The number of hydrogen-bond acceptors (Lipinski definition) is 7. The van der Waals surface area contributed by atoms with Gasteiger partial charge in [-0.1, -0.05) is 52.0 Å². The van der Waals surface area contributed by atoms with E-state index in [2.05, 4.69) is 67.6 Å². The molecule has 2 aromatic rings. The molecule has 252 valence electrons. The number of morpholine rings is 1. The molecule has 7 unspecified atom stereocenters. The second kappa shape index (κ2) is 14.6. The number of aliphatic hydroxyl groups excluding tert-OH is 1. The highest BCUT2D eigenvalue weighted by atomic mass is 19.1. The standard InChI is InChI=1S/C36H52F2N6O2/c1-8-11-26-17-39-18-28(26)21-43(35(45)42-19-24(3)46-25(4)20-42)32(36(5,6)7)34-40-33(30-16-29(37)14-15-31(30)38)41-44(34)22-27-13-10-9-12-23(27)2/h8-10,13-16,23-26,28,32,35,39,45H,1,11-12,17-22H2,2-7H3. The van der Waals surface area contributed by atoms with Crippen LogP contribution in [0.1, 0.15) is 66.3 Å². The lowest BCUT2D eigenvalue weighted by atomic mass is 9.83. The minimum absolute atomic E-state index is 0.0206. The molecule has 1 aromatic carbocycles. The molecular formula is C36H52F2N6O2. The average Bonchev–Trinajstić information content (AvgIpc) is 3.60. The van der Waals surface area contributed by atoms with Gasteiger partial charge >= 0.3 is 0 Å². The van der Waals surface area contributed by atoms with Gasteiger partial charge < -0.3 is 15.2 Å². The molecule has 7 atom stereocenters. The van der Waals surface area contributed by atoms with Crippen molar-refractivity contribution in [2.24, 2.45) is 23.2 Å². The molecule has 3 heterocycles. The zero-order chi connectivity index (χ0) is 33.2. The van der Waals surface area contributed by atoms with E-state index in [1.54, 1.807) is 0 Å². The van der Waals surface area contributed by atoms with E-state index in [-0.39, 0.29) is 29.5 Å². The lowest BCUT2D eigenvalue weighted by Gasteiger charge is -2.48. The maximum atomic E-state index is 15.2. The number of aromatic nitrogens is 3. The van der Waals surface area contributed by atoms with Crippen LogP contribution in [0.2, 0.25) is 0 Å². The summed E-state index contributed by atoms with van der Waals surface area (Å²) in [6, 6.07) is 2.96. The minimum Gasteiger partial charge on any atom is -0.373 e. The lowest BCUT2D eigenvalue weighted by molar-refractivity contribution is -0.194. The summed E-state index contributed by atoms with van der Waals surface area (Å²) >= 11 is 0. The van der Waals surface area contributed by atoms with Crippen molar-refractivity contribution in [3.8, 4) is 11.4 Å². The maximum Gasteiger partial charge on any atom is 0.184 e. The highest BCUT2D eigenvalue weighted by Crippen LogP contribution is 2.42. The summed E-state index contributed by atoms with van der Waals surface area (Å²) in [7, 11) is 0. The van der Waals surface area contributed by atoms with Crippen molar-refractivity contribution in [3.63, 3.8) is 0 Å². The fourth-order valence-electron chi connectivity index (χ4n) is 7.37. The van der Waals surface area contributed by atoms with E-state index in [9.17, 15) is 9.50 Å². The molecule has 1 aromatic heterocycles. The number of halogens is 2. The van der Waals surface area contributed by atoms with Gasteiger partial charge in [0.15, 0.2) is 12.2 Å². The first-order valence-corrected chi connectivity index (χ1v) is 16.8. The monoisotopic (exact) mass is 638 g/mol. The number of nitrogens with one attached hydrogen (secondary N) is 1. The zero-order valence-electron chi connectivity index (χ0n) is 28.3.